The molecule has 1 aliphatic carbocycles. The molecule has 2 aromatic rings. The Labute approximate surface area is 196 Å². The molecule has 1 fully saturated rings. The molecule has 2 unspecified atom stereocenters. The number of carbonyl (C=O) groups is 1. The van der Waals surface area contributed by atoms with Gasteiger partial charge in [-0.3, -0.25) is 0 Å². The Morgan fingerprint density at radius 3 is 2.82 bits per heavy atom. The summed E-state index contributed by atoms with van der Waals surface area (Å²) in [5, 5.41) is 0.365. The average Bonchev–Trinajstić information content (AvgIpc) is 3.10. The summed E-state index contributed by atoms with van der Waals surface area (Å²) in [6, 6.07) is 13.5. The number of rotatable bonds is 6. The molecule has 0 amide bonds. The molecule has 2 atom stereocenters. The quantitative estimate of drug-likeness (QED) is 0.634. The van der Waals surface area contributed by atoms with Gasteiger partial charge in [0.1, 0.15) is 10.8 Å². The molecule has 1 N–H and O–H groups in total. The van der Waals surface area contributed by atoms with Gasteiger partial charge in [0.05, 0.1) is 19.3 Å². The highest BCUT2D eigenvalue weighted by molar-refractivity contribution is 6.33. The van der Waals surface area contributed by atoms with E-state index in [4.69, 9.17) is 35.4 Å². The third-order valence-corrected chi connectivity index (χ3v) is 6.46. The summed E-state index contributed by atoms with van der Waals surface area (Å²) in [6.07, 6.45) is 5.00. The van der Waals surface area contributed by atoms with Crippen LogP contribution in [0.15, 0.2) is 65.9 Å². The van der Waals surface area contributed by atoms with Gasteiger partial charge in [0.2, 0.25) is 5.60 Å². The van der Waals surface area contributed by atoms with E-state index in [2.05, 4.69) is 5.48 Å². The molecule has 7 nitrogen and oxygen atoms in total. The number of nitrogens with one attached hydrogen (secondary N) is 1. The molecule has 0 aromatic heterocycles. The van der Waals surface area contributed by atoms with E-state index in [1.165, 1.54) is 7.11 Å². The van der Waals surface area contributed by atoms with Gasteiger partial charge in [-0.15, -0.1) is 0 Å². The van der Waals surface area contributed by atoms with E-state index >= 15 is 0 Å². The van der Waals surface area contributed by atoms with Crippen molar-refractivity contribution in [2.24, 2.45) is 0 Å². The predicted molar refractivity (Wildman–Crippen MR) is 121 cm³/mol. The number of benzene rings is 2. The molecule has 0 saturated carbocycles. The van der Waals surface area contributed by atoms with Crippen molar-refractivity contribution in [2.45, 2.75) is 37.8 Å². The molecule has 33 heavy (non-hydrogen) atoms. The van der Waals surface area contributed by atoms with Crippen LogP contribution in [0, 0.1) is 0 Å². The number of halogens is 1. The molecular weight excluding hydrogens is 446 g/mol. The van der Waals surface area contributed by atoms with Crippen LogP contribution in [-0.4, -0.2) is 31.0 Å². The fourth-order valence-electron chi connectivity index (χ4n) is 4.19. The lowest BCUT2D eigenvalue weighted by molar-refractivity contribution is -0.339. The van der Waals surface area contributed by atoms with Crippen LogP contribution >= 0.6 is 11.6 Å². The minimum atomic E-state index is -1.34. The van der Waals surface area contributed by atoms with Crippen molar-refractivity contribution < 1.29 is 28.6 Å². The smallest absolute Gasteiger partial charge is 0.337 e. The van der Waals surface area contributed by atoms with Gasteiger partial charge in [0.15, 0.2) is 11.5 Å². The van der Waals surface area contributed by atoms with Crippen molar-refractivity contribution in [3.05, 3.63) is 82.1 Å². The van der Waals surface area contributed by atoms with Crippen molar-refractivity contribution in [1.29, 1.82) is 0 Å². The number of hydrogen-bond acceptors (Lipinski definition) is 7. The summed E-state index contributed by atoms with van der Waals surface area (Å²) in [6.45, 7) is 2.83. The highest BCUT2D eigenvalue weighted by Gasteiger charge is 2.68. The van der Waals surface area contributed by atoms with E-state index < -0.39 is 17.4 Å². The van der Waals surface area contributed by atoms with Crippen LogP contribution in [0.5, 0.6) is 11.5 Å². The van der Waals surface area contributed by atoms with Gasteiger partial charge in [-0.1, -0.05) is 48.0 Å². The fourth-order valence-corrected chi connectivity index (χ4v) is 4.46. The maximum Gasteiger partial charge on any atom is 0.337 e. The van der Waals surface area contributed by atoms with Crippen LogP contribution in [0.3, 0.4) is 0 Å². The summed E-state index contributed by atoms with van der Waals surface area (Å²) in [4.78, 5) is 17.9. The van der Waals surface area contributed by atoms with Gasteiger partial charge in [-0.05, 0) is 43.0 Å². The van der Waals surface area contributed by atoms with E-state index in [1.54, 1.807) is 12.2 Å². The van der Waals surface area contributed by atoms with E-state index in [0.29, 0.717) is 27.9 Å². The third-order valence-electron chi connectivity index (χ3n) is 6.10. The second-order valence-electron chi connectivity index (χ2n) is 8.24. The van der Waals surface area contributed by atoms with E-state index in [0.717, 1.165) is 30.5 Å². The van der Waals surface area contributed by atoms with Gasteiger partial charge in [-0.2, -0.15) is 5.48 Å². The number of hydrogen-bond donors (Lipinski definition) is 1. The van der Waals surface area contributed by atoms with Gasteiger partial charge in [0, 0.05) is 12.6 Å². The van der Waals surface area contributed by atoms with Crippen molar-refractivity contribution in [3.63, 3.8) is 0 Å². The van der Waals surface area contributed by atoms with Crippen molar-refractivity contribution in [1.82, 2.24) is 5.48 Å². The number of aryl methyl sites for hydroxylation is 1. The lowest BCUT2D eigenvalue weighted by atomic mass is 9.79. The van der Waals surface area contributed by atoms with Crippen molar-refractivity contribution in [3.8, 4) is 11.5 Å². The van der Waals surface area contributed by atoms with Gasteiger partial charge >= 0.3 is 5.97 Å². The SMILES string of the molecule is COC(=O)C1=CC2(OCc3ccccc3)OC(=C1)C2(C)Oc1ccc2c(c1Cl)ONCCC2. The number of fused-ring (bicyclic) bond motifs is 2. The number of hydroxylamine groups is 1. The standard InChI is InChI=1S/C25H24ClNO6/c1-24(31-19-11-10-17-9-6-12-27-33-22(17)21(19)26)20-13-18(23(28)29-2)14-25(24,32-20)30-15-16-7-4-3-5-8-16/h3-5,7-8,10-11,13-14,27H,6,9,12,15H2,1-2H3. The van der Waals surface area contributed by atoms with Crippen LogP contribution in [0.25, 0.3) is 0 Å². The highest BCUT2D eigenvalue weighted by atomic mass is 35.5. The molecule has 8 heteroatoms. The molecule has 3 aliphatic heterocycles. The second kappa shape index (κ2) is 8.41. The minimum absolute atomic E-state index is 0.253. The molecule has 6 rings (SSSR count). The third kappa shape index (κ3) is 3.66. The number of methoxy groups -OCH3 is 1. The fraction of sp³-hybridized carbons (Fsp3) is 0.320. The Bertz CT molecular complexity index is 1150. The van der Waals surface area contributed by atoms with Gasteiger partial charge < -0.3 is 23.8 Å². The number of ether oxygens (including phenoxy) is 4. The Kier molecular flexibility index (Phi) is 5.56. The first-order chi connectivity index (χ1) is 16.0. The monoisotopic (exact) mass is 469 g/mol. The Hall–Kier alpha value is -3.00. The van der Waals surface area contributed by atoms with Crippen molar-refractivity contribution >= 4 is 17.6 Å². The zero-order valence-corrected chi connectivity index (χ0v) is 19.1. The zero-order valence-electron chi connectivity index (χ0n) is 18.4. The van der Waals surface area contributed by atoms with E-state index in [9.17, 15) is 4.79 Å². The van der Waals surface area contributed by atoms with Crippen LogP contribution in [0.2, 0.25) is 5.02 Å². The number of esters is 1. The highest BCUT2D eigenvalue weighted by Crippen LogP contribution is 2.55. The summed E-state index contributed by atoms with van der Waals surface area (Å²) in [5.74, 6) is -0.388. The molecule has 1 saturated heterocycles. The molecule has 0 radical (unpaired) electrons. The largest absolute Gasteiger partial charge is 0.471 e. The summed E-state index contributed by atoms with van der Waals surface area (Å²) < 4.78 is 23.6. The Morgan fingerprint density at radius 2 is 2.03 bits per heavy atom. The molecule has 4 aliphatic rings. The maximum absolute atomic E-state index is 12.2. The van der Waals surface area contributed by atoms with Crippen LogP contribution in [-0.2, 0) is 32.0 Å². The van der Waals surface area contributed by atoms with Gasteiger partial charge in [0.25, 0.3) is 5.79 Å². The molecule has 2 bridgehead atoms. The second-order valence-corrected chi connectivity index (χ2v) is 8.62. The van der Waals surface area contributed by atoms with Crippen LogP contribution in [0.4, 0.5) is 0 Å². The topological polar surface area (TPSA) is 75.3 Å². The lowest BCUT2D eigenvalue weighted by Gasteiger charge is -2.57. The van der Waals surface area contributed by atoms with Crippen LogP contribution in [0.1, 0.15) is 24.5 Å². The minimum Gasteiger partial charge on any atom is -0.471 e. The summed E-state index contributed by atoms with van der Waals surface area (Å²) >= 11 is 6.68. The number of carbonyl (C=O) groups excluding carboxylic acids is 1. The first-order valence-electron chi connectivity index (χ1n) is 10.8. The van der Waals surface area contributed by atoms with E-state index in [1.807, 2.05) is 49.4 Å². The maximum atomic E-state index is 12.2. The van der Waals surface area contributed by atoms with Crippen molar-refractivity contribution in [2.75, 3.05) is 13.7 Å². The first-order valence-corrected chi connectivity index (χ1v) is 11.1. The first kappa shape index (κ1) is 21.8. The summed E-state index contributed by atoms with van der Waals surface area (Å²) in [7, 11) is 1.33. The molecule has 0 spiro atoms. The van der Waals surface area contributed by atoms with E-state index in [-0.39, 0.29) is 6.61 Å². The zero-order chi connectivity index (χ0) is 23.1. The normalized spacial score (nSPS) is 25.2. The molecule has 2 aromatic carbocycles. The Morgan fingerprint density at radius 1 is 1.21 bits per heavy atom. The Balaban J connectivity index is 1.48. The van der Waals surface area contributed by atoms with Gasteiger partial charge in [-0.25, -0.2) is 4.79 Å². The molecule has 172 valence electrons. The van der Waals surface area contributed by atoms with Crippen LogP contribution < -0.4 is 15.1 Å². The summed E-state index contributed by atoms with van der Waals surface area (Å²) in [5.41, 5.74) is 4.16. The lowest BCUT2D eigenvalue weighted by Crippen LogP contribution is -2.70. The predicted octanol–water partition coefficient (Wildman–Crippen LogP) is 4.25. The average molecular weight is 470 g/mol. The molecular formula is C25H24ClNO6. The molecule has 3 heterocycles.